The van der Waals surface area contributed by atoms with E-state index in [9.17, 15) is 4.79 Å². The zero-order valence-electron chi connectivity index (χ0n) is 15.8. The van der Waals surface area contributed by atoms with Gasteiger partial charge in [0, 0.05) is 43.5 Å². The minimum absolute atomic E-state index is 0. The highest BCUT2D eigenvalue weighted by atomic mass is 35.5. The lowest BCUT2D eigenvalue weighted by molar-refractivity contribution is -0.0715. The molecule has 26 heavy (non-hydrogen) atoms. The number of likely N-dealkylation sites (tertiary alicyclic amines) is 1. The molecular weight excluding hydrogens is 373 g/mol. The fourth-order valence-electron chi connectivity index (χ4n) is 4.05. The molecule has 3 atom stereocenters. The molecule has 2 heterocycles. The fraction of sp³-hybridized carbons (Fsp3) is 0.632. The van der Waals surface area contributed by atoms with E-state index in [1.165, 1.54) is 0 Å². The molecule has 7 heteroatoms. The quantitative estimate of drug-likeness (QED) is 0.787. The summed E-state index contributed by atoms with van der Waals surface area (Å²) < 4.78 is 5.82. The first-order valence-electron chi connectivity index (χ1n) is 8.99. The lowest BCUT2D eigenvalue weighted by Gasteiger charge is -2.38. The van der Waals surface area contributed by atoms with E-state index in [4.69, 9.17) is 10.5 Å². The summed E-state index contributed by atoms with van der Waals surface area (Å²) in [5.41, 5.74) is 8.27. The van der Waals surface area contributed by atoms with Crippen LogP contribution in [0, 0.1) is 6.92 Å². The molecule has 3 unspecified atom stereocenters. The molecule has 1 amide bonds. The van der Waals surface area contributed by atoms with E-state index < -0.39 is 0 Å². The minimum Gasteiger partial charge on any atom is -0.399 e. The molecule has 0 bridgehead atoms. The average Bonchev–Trinajstić information content (AvgIpc) is 2.96. The van der Waals surface area contributed by atoms with Gasteiger partial charge >= 0.3 is 0 Å². The molecule has 3 rings (SSSR count). The summed E-state index contributed by atoms with van der Waals surface area (Å²) in [5, 5.41) is 0. The third kappa shape index (κ3) is 5.26. The molecule has 1 aromatic rings. The maximum Gasteiger partial charge on any atom is 0.254 e. The van der Waals surface area contributed by atoms with Crippen molar-refractivity contribution in [3.05, 3.63) is 29.3 Å². The predicted octanol–water partition coefficient (Wildman–Crippen LogP) is 3.13. The summed E-state index contributed by atoms with van der Waals surface area (Å²) in [6.07, 6.45) is 2.67. The van der Waals surface area contributed by atoms with Crippen molar-refractivity contribution >= 4 is 36.4 Å². The number of hydrogen-bond acceptors (Lipinski definition) is 4. The number of morpholine rings is 1. The van der Waals surface area contributed by atoms with Crippen LogP contribution >= 0.6 is 24.8 Å². The van der Waals surface area contributed by atoms with Crippen molar-refractivity contribution in [3.8, 4) is 0 Å². The third-order valence-corrected chi connectivity index (χ3v) is 5.09. The molecule has 2 saturated heterocycles. The number of nitrogen functional groups attached to an aromatic ring is 1. The fourth-order valence-corrected chi connectivity index (χ4v) is 4.05. The summed E-state index contributed by atoms with van der Waals surface area (Å²) >= 11 is 0. The van der Waals surface area contributed by atoms with Crippen LogP contribution in [-0.4, -0.2) is 60.1 Å². The van der Waals surface area contributed by atoms with Crippen LogP contribution in [0.1, 0.15) is 42.6 Å². The van der Waals surface area contributed by atoms with Crippen molar-refractivity contribution in [1.82, 2.24) is 9.80 Å². The van der Waals surface area contributed by atoms with Gasteiger partial charge in [-0.15, -0.1) is 24.8 Å². The van der Waals surface area contributed by atoms with E-state index in [1.807, 2.05) is 30.0 Å². The maximum absolute atomic E-state index is 13.0. The summed E-state index contributed by atoms with van der Waals surface area (Å²) in [7, 11) is 0. The van der Waals surface area contributed by atoms with Gasteiger partial charge in [0.25, 0.3) is 5.91 Å². The maximum atomic E-state index is 13.0. The average molecular weight is 404 g/mol. The van der Waals surface area contributed by atoms with Crippen molar-refractivity contribution in [2.75, 3.05) is 31.9 Å². The first-order valence-corrected chi connectivity index (χ1v) is 8.99. The first-order chi connectivity index (χ1) is 11.4. The number of rotatable bonds is 3. The lowest BCUT2D eigenvalue weighted by atomic mass is 10.1. The Morgan fingerprint density at radius 1 is 1.23 bits per heavy atom. The Morgan fingerprint density at radius 2 is 1.88 bits per heavy atom. The second kappa shape index (κ2) is 9.79. The van der Waals surface area contributed by atoms with Gasteiger partial charge in [0.15, 0.2) is 0 Å². The molecule has 0 aliphatic carbocycles. The second-order valence-corrected chi connectivity index (χ2v) is 7.34. The van der Waals surface area contributed by atoms with Crippen molar-refractivity contribution in [1.29, 1.82) is 0 Å². The molecule has 5 nitrogen and oxygen atoms in total. The van der Waals surface area contributed by atoms with Gasteiger partial charge in [0.05, 0.1) is 12.2 Å². The number of halogens is 2. The van der Waals surface area contributed by atoms with Crippen LogP contribution < -0.4 is 5.73 Å². The summed E-state index contributed by atoms with van der Waals surface area (Å²) in [5.74, 6) is 0.122. The summed E-state index contributed by atoms with van der Waals surface area (Å²) in [6, 6.07) is 5.88. The Bertz CT molecular complexity index is 604. The number of carbonyl (C=O) groups is 1. The summed E-state index contributed by atoms with van der Waals surface area (Å²) in [6.45, 7) is 9.88. The first kappa shape index (κ1) is 23.0. The normalized spacial score (nSPS) is 26.1. The Kier molecular flexibility index (Phi) is 8.67. The van der Waals surface area contributed by atoms with Gasteiger partial charge < -0.3 is 15.4 Å². The molecule has 0 saturated carbocycles. The number of aryl methyl sites for hydroxylation is 1. The highest BCUT2D eigenvalue weighted by Gasteiger charge is 2.33. The largest absolute Gasteiger partial charge is 0.399 e. The minimum atomic E-state index is 0. The van der Waals surface area contributed by atoms with Gasteiger partial charge in [-0.25, -0.2) is 0 Å². The third-order valence-electron chi connectivity index (χ3n) is 5.09. The Morgan fingerprint density at radius 3 is 2.54 bits per heavy atom. The van der Waals surface area contributed by atoms with Gasteiger partial charge in [-0.2, -0.15) is 0 Å². The monoisotopic (exact) mass is 403 g/mol. The van der Waals surface area contributed by atoms with E-state index >= 15 is 0 Å². The molecule has 0 aromatic heterocycles. The Balaban J connectivity index is 0.00000169. The van der Waals surface area contributed by atoms with Crippen LogP contribution in [-0.2, 0) is 4.74 Å². The lowest BCUT2D eigenvalue weighted by Crippen LogP contribution is -2.51. The van der Waals surface area contributed by atoms with E-state index in [2.05, 4.69) is 18.7 Å². The number of nitrogens with zero attached hydrogens (tertiary/aromatic N) is 2. The molecule has 2 aliphatic heterocycles. The molecule has 2 fully saturated rings. The topological polar surface area (TPSA) is 58.8 Å². The number of benzene rings is 1. The second-order valence-electron chi connectivity index (χ2n) is 7.34. The molecular formula is C19H31Cl2N3O2. The molecule has 2 N–H and O–H groups in total. The van der Waals surface area contributed by atoms with Crippen LogP contribution in [0.2, 0.25) is 0 Å². The number of amides is 1. The van der Waals surface area contributed by atoms with Crippen LogP contribution in [0.5, 0.6) is 0 Å². The zero-order valence-corrected chi connectivity index (χ0v) is 17.4. The number of hydrogen-bond donors (Lipinski definition) is 1. The van der Waals surface area contributed by atoms with Gasteiger partial charge in [-0.05, 0) is 51.3 Å². The summed E-state index contributed by atoms with van der Waals surface area (Å²) in [4.78, 5) is 17.5. The Hall–Kier alpha value is -1.01. The molecule has 0 spiro atoms. The number of ether oxygens (including phenoxy) is 1. The molecule has 0 radical (unpaired) electrons. The van der Waals surface area contributed by atoms with Crippen LogP contribution in [0.4, 0.5) is 5.69 Å². The molecule has 2 aliphatic rings. The number of carbonyl (C=O) groups excluding carboxylic acids is 1. The van der Waals surface area contributed by atoms with Crippen molar-refractivity contribution < 1.29 is 9.53 Å². The van der Waals surface area contributed by atoms with Crippen molar-refractivity contribution in [3.63, 3.8) is 0 Å². The van der Waals surface area contributed by atoms with Crippen LogP contribution in [0.3, 0.4) is 0 Å². The van der Waals surface area contributed by atoms with Crippen molar-refractivity contribution in [2.45, 2.75) is 51.9 Å². The molecule has 148 valence electrons. The van der Waals surface area contributed by atoms with E-state index in [0.29, 0.717) is 5.69 Å². The van der Waals surface area contributed by atoms with Crippen LogP contribution in [0.25, 0.3) is 0 Å². The molecule has 1 aromatic carbocycles. The van der Waals surface area contributed by atoms with Gasteiger partial charge in [-0.1, -0.05) is 6.07 Å². The van der Waals surface area contributed by atoms with Crippen LogP contribution in [0.15, 0.2) is 18.2 Å². The number of nitrogens with two attached hydrogens (primary N) is 1. The highest BCUT2D eigenvalue weighted by molar-refractivity contribution is 5.96. The van der Waals surface area contributed by atoms with E-state index in [1.54, 1.807) is 0 Å². The standard InChI is InChI=1S/C19H29N3O2.2ClH/c1-13-6-7-16(20)9-18(13)19(23)22-8-4-5-17(22)12-21-10-14(2)24-15(3)11-21;;/h6-7,9,14-15,17H,4-5,8,10-12,20H2,1-3H3;2*1H. The smallest absolute Gasteiger partial charge is 0.254 e. The SMILES string of the molecule is Cc1ccc(N)cc1C(=O)N1CCCC1CN1CC(C)OC(C)C1.Cl.Cl. The van der Waals surface area contributed by atoms with Gasteiger partial charge in [0.2, 0.25) is 0 Å². The highest BCUT2D eigenvalue weighted by Crippen LogP contribution is 2.24. The van der Waals surface area contributed by atoms with E-state index in [0.717, 1.165) is 50.1 Å². The number of anilines is 1. The predicted molar refractivity (Wildman–Crippen MR) is 111 cm³/mol. The van der Waals surface area contributed by atoms with Crippen molar-refractivity contribution in [2.24, 2.45) is 0 Å². The van der Waals surface area contributed by atoms with E-state index in [-0.39, 0.29) is 49.0 Å². The Labute approximate surface area is 169 Å². The zero-order chi connectivity index (χ0) is 17.3. The van der Waals surface area contributed by atoms with Gasteiger partial charge in [0.1, 0.15) is 0 Å². The van der Waals surface area contributed by atoms with Gasteiger partial charge in [-0.3, -0.25) is 9.69 Å².